The van der Waals surface area contributed by atoms with Gasteiger partial charge in [0.15, 0.2) is 0 Å². The van der Waals surface area contributed by atoms with Gasteiger partial charge in [0.1, 0.15) is 17.0 Å². The molecule has 1 aliphatic heterocycles. The van der Waals surface area contributed by atoms with Crippen molar-refractivity contribution in [1.82, 2.24) is 4.90 Å². The van der Waals surface area contributed by atoms with Gasteiger partial charge in [-0.2, -0.15) is 0 Å². The Balaban J connectivity index is 2.25. The van der Waals surface area contributed by atoms with Gasteiger partial charge in [-0.3, -0.25) is 4.90 Å². The first-order valence-corrected chi connectivity index (χ1v) is 6.91. The Morgan fingerprint density at radius 3 is 2.60 bits per heavy atom. The van der Waals surface area contributed by atoms with Crippen molar-refractivity contribution in [3.05, 3.63) is 29.8 Å². The normalized spacial score (nSPS) is 17.8. The van der Waals surface area contributed by atoms with Crippen LogP contribution in [0.25, 0.3) is 0 Å². The Hall–Kier alpha value is -1.71. The van der Waals surface area contributed by atoms with E-state index in [-0.39, 0.29) is 6.09 Å². The minimum atomic E-state index is -0.492. The van der Waals surface area contributed by atoms with Gasteiger partial charge in [-0.05, 0) is 40.7 Å². The zero-order chi connectivity index (χ0) is 15.0. The zero-order valence-corrected chi connectivity index (χ0v) is 12.9. The zero-order valence-electron chi connectivity index (χ0n) is 12.9. The predicted octanol–water partition coefficient (Wildman–Crippen LogP) is 3.59. The van der Waals surface area contributed by atoms with Crippen LogP contribution in [0.1, 0.15) is 40.2 Å². The van der Waals surface area contributed by atoms with Crippen molar-refractivity contribution in [1.29, 1.82) is 0 Å². The predicted molar refractivity (Wildman–Crippen MR) is 77.8 cm³/mol. The molecule has 0 atom stereocenters. The number of amides is 1. The van der Waals surface area contributed by atoms with Crippen LogP contribution in [0.4, 0.5) is 4.79 Å². The largest absolute Gasteiger partial charge is 0.486 e. The van der Waals surface area contributed by atoms with Gasteiger partial charge >= 0.3 is 6.09 Å². The number of para-hydroxylation sites is 1. The number of rotatable bonds is 0. The molecule has 0 aliphatic carbocycles. The van der Waals surface area contributed by atoms with Crippen LogP contribution >= 0.6 is 0 Å². The first-order chi connectivity index (χ1) is 9.16. The van der Waals surface area contributed by atoms with Crippen LogP contribution in [0.15, 0.2) is 24.3 Å². The van der Waals surface area contributed by atoms with Crippen LogP contribution in [-0.2, 0) is 11.3 Å². The molecule has 0 N–H and O–H groups in total. The molecule has 1 amide bonds. The van der Waals surface area contributed by atoms with Crippen molar-refractivity contribution in [3.63, 3.8) is 0 Å². The molecule has 4 heteroatoms. The fourth-order valence-corrected chi connectivity index (χ4v) is 2.24. The molecule has 0 aromatic heterocycles. The van der Waals surface area contributed by atoms with E-state index >= 15 is 0 Å². The van der Waals surface area contributed by atoms with Gasteiger partial charge in [-0.1, -0.05) is 18.2 Å². The third-order valence-corrected chi connectivity index (χ3v) is 2.94. The summed E-state index contributed by atoms with van der Waals surface area (Å²) < 4.78 is 11.5. The molecular formula is C16H23NO3. The number of hydrogen-bond acceptors (Lipinski definition) is 3. The molecule has 0 spiro atoms. The maximum atomic E-state index is 12.3. The van der Waals surface area contributed by atoms with Gasteiger partial charge < -0.3 is 9.47 Å². The summed E-state index contributed by atoms with van der Waals surface area (Å²) in [6, 6.07) is 7.82. The van der Waals surface area contributed by atoms with Crippen molar-refractivity contribution >= 4 is 6.09 Å². The fraction of sp³-hybridized carbons (Fsp3) is 0.562. The SMILES string of the molecule is CC(C)(C)OC(=O)N1Cc2ccccc2OC(C)(C)C1. The van der Waals surface area contributed by atoms with E-state index in [9.17, 15) is 4.79 Å². The standard InChI is InChI=1S/C16H23NO3/c1-15(2,3)20-14(18)17-10-12-8-6-7-9-13(12)19-16(4,5)11-17/h6-9H,10-11H2,1-5H3. The lowest BCUT2D eigenvalue weighted by atomic mass is 10.1. The highest BCUT2D eigenvalue weighted by Crippen LogP contribution is 2.29. The van der Waals surface area contributed by atoms with E-state index in [1.807, 2.05) is 58.9 Å². The molecule has 0 fully saturated rings. The summed E-state index contributed by atoms with van der Waals surface area (Å²) in [5.74, 6) is 0.837. The third-order valence-electron chi connectivity index (χ3n) is 2.94. The summed E-state index contributed by atoms with van der Waals surface area (Å²) in [6.45, 7) is 10.6. The van der Waals surface area contributed by atoms with Crippen LogP contribution in [0.5, 0.6) is 5.75 Å². The highest BCUT2D eigenvalue weighted by molar-refractivity contribution is 5.68. The Kier molecular flexibility index (Phi) is 3.67. The lowest BCUT2D eigenvalue weighted by Gasteiger charge is -2.31. The lowest BCUT2D eigenvalue weighted by molar-refractivity contribution is 0.00753. The third kappa shape index (κ3) is 3.65. The van der Waals surface area contributed by atoms with E-state index in [0.717, 1.165) is 11.3 Å². The quantitative estimate of drug-likeness (QED) is 0.727. The van der Waals surface area contributed by atoms with Gasteiger partial charge in [0.25, 0.3) is 0 Å². The molecule has 2 rings (SSSR count). The van der Waals surface area contributed by atoms with E-state index in [4.69, 9.17) is 9.47 Å². The molecule has 0 saturated heterocycles. The first kappa shape index (κ1) is 14.7. The van der Waals surface area contributed by atoms with Gasteiger partial charge in [0.2, 0.25) is 0 Å². The van der Waals surface area contributed by atoms with E-state index in [2.05, 4.69) is 0 Å². The second kappa shape index (κ2) is 5.00. The summed E-state index contributed by atoms with van der Waals surface area (Å²) in [5, 5.41) is 0. The first-order valence-electron chi connectivity index (χ1n) is 6.91. The van der Waals surface area contributed by atoms with Crippen LogP contribution in [0.3, 0.4) is 0 Å². The van der Waals surface area contributed by atoms with Gasteiger partial charge in [-0.15, -0.1) is 0 Å². The van der Waals surface area contributed by atoms with E-state index in [1.54, 1.807) is 4.90 Å². The number of carbonyl (C=O) groups excluding carboxylic acids is 1. The lowest BCUT2D eigenvalue weighted by Crippen LogP contribution is -2.45. The number of ether oxygens (including phenoxy) is 2. The summed E-state index contributed by atoms with van der Waals surface area (Å²) in [5.41, 5.74) is 0.0705. The molecule has 20 heavy (non-hydrogen) atoms. The van der Waals surface area contributed by atoms with Crippen LogP contribution < -0.4 is 4.74 Å². The van der Waals surface area contributed by atoms with Crippen molar-refractivity contribution in [2.45, 2.75) is 52.4 Å². The van der Waals surface area contributed by atoms with E-state index < -0.39 is 11.2 Å². The molecule has 1 aromatic rings. The maximum absolute atomic E-state index is 12.3. The molecule has 4 nitrogen and oxygen atoms in total. The summed E-state index contributed by atoms with van der Waals surface area (Å²) in [4.78, 5) is 14.0. The number of benzene rings is 1. The molecule has 0 unspecified atom stereocenters. The van der Waals surface area contributed by atoms with Crippen molar-refractivity contribution < 1.29 is 14.3 Å². The highest BCUT2D eigenvalue weighted by Gasteiger charge is 2.33. The molecule has 0 saturated carbocycles. The Morgan fingerprint density at radius 1 is 1.30 bits per heavy atom. The molecule has 1 heterocycles. The number of fused-ring (bicyclic) bond motifs is 1. The van der Waals surface area contributed by atoms with Gasteiger partial charge in [0, 0.05) is 5.56 Å². The smallest absolute Gasteiger partial charge is 0.410 e. The molecule has 0 bridgehead atoms. The fourth-order valence-electron chi connectivity index (χ4n) is 2.24. The Labute approximate surface area is 120 Å². The van der Waals surface area contributed by atoms with Crippen LogP contribution in [-0.4, -0.2) is 28.7 Å². The van der Waals surface area contributed by atoms with Crippen molar-refractivity contribution in [3.8, 4) is 5.75 Å². The van der Waals surface area contributed by atoms with E-state index in [0.29, 0.717) is 13.1 Å². The summed E-state index contributed by atoms with van der Waals surface area (Å²) in [6.07, 6.45) is -0.300. The maximum Gasteiger partial charge on any atom is 0.410 e. The van der Waals surface area contributed by atoms with Crippen molar-refractivity contribution in [2.75, 3.05) is 6.54 Å². The van der Waals surface area contributed by atoms with Crippen LogP contribution in [0.2, 0.25) is 0 Å². The minimum Gasteiger partial charge on any atom is -0.486 e. The average molecular weight is 277 g/mol. The van der Waals surface area contributed by atoms with Gasteiger partial charge in [-0.25, -0.2) is 4.79 Å². The van der Waals surface area contributed by atoms with E-state index in [1.165, 1.54) is 0 Å². The number of nitrogens with zero attached hydrogens (tertiary/aromatic N) is 1. The van der Waals surface area contributed by atoms with Crippen LogP contribution in [0, 0.1) is 0 Å². The van der Waals surface area contributed by atoms with Crippen molar-refractivity contribution in [2.24, 2.45) is 0 Å². The topological polar surface area (TPSA) is 38.8 Å². The Bertz CT molecular complexity index is 503. The number of hydrogen-bond donors (Lipinski definition) is 0. The highest BCUT2D eigenvalue weighted by atomic mass is 16.6. The molecular weight excluding hydrogens is 254 g/mol. The average Bonchev–Trinajstić information content (AvgIpc) is 2.41. The van der Waals surface area contributed by atoms with Gasteiger partial charge in [0.05, 0.1) is 13.1 Å². The molecule has 110 valence electrons. The molecule has 1 aliphatic rings. The summed E-state index contributed by atoms with van der Waals surface area (Å²) >= 11 is 0. The Morgan fingerprint density at radius 2 is 1.95 bits per heavy atom. The summed E-state index contributed by atoms with van der Waals surface area (Å²) in [7, 11) is 0. The molecule has 0 radical (unpaired) electrons. The molecule has 1 aromatic carbocycles. The minimum absolute atomic E-state index is 0.300. The monoisotopic (exact) mass is 277 g/mol. The second-order valence-corrected chi connectivity index (χ2v) is 6.81. The number of carbonyl (C=O) groups is 1. The second-order valence-electron chi connectivity index (χ2n) is 6.81.